The molecular formula is C14H17ClN4O2. The summed E-state index contributed by atoms with van der Waals surface area (Å²) in [5.74, 6) is 1.48. The van der Waals surface area contributed by atoms with Gasteiger partial charge in [0.25, 0.3) is 5.91 Å². The number of aryl methyl sites for hydroxylation is 1. The molecule has 0 spiro atoms. The van der Waals surface area contributed by atoms with Crippen molar-refractivity contribution in [2.24, 2.45) is 0 Å². The van der Waals surface area contributed by atoms with Crippen LogP contribution in [0, 0.1) is 0 Å². The van der Waals surface area contributed by atoms with Crippen LogP contribution in [0.4, 0.5) is 5.82 Å². The molecule has 2 aromatic rings. The van der Waals surface area contributed by atoms with Gasteiger partial charge in [-0.25, -0.2) is 9.97 Å². The molecule has 7 heteroatoms. The average Bonchev–Trinajstić information content (AvgIpc) is 2.95. The lowest BCUT2D eigenvalue weighted by Gasteiger charge is -2.07. The van der Waals surface area contributed by atoms with Crippen LogP contribution in [0.25, 0.3) is 0 Å². The standard InChI is InChI=1S/C14H17ClN4O2/c1-3-9-7-17-12(21-9)8-18-14(20)13-10(15)5-6-11(19-13)16-4-2/h5-7H,3-4,8H2,1-2H3,(H,16,19)(H,18,20). The molecule has 6 nitrogen and oxygen atoms in total. The van der Waals surface area contributed by atoms with E-state index < -0.39 is 0 Å². The van der Waals surface area contributed by atoms with Gasteiger partial charge in [-0.2, -0.15) is 0 Å². The van der Waals surface area contributed by atoms with Gasteiger partial charge >= 0.3 is 0 Å². The number of aromatic nitrogens is 2. The predicted octanol–water partition coefficient (Wildman–Crippen LogP) is 2.65. The Kier molecular flexibility index (Phi) is 5.16. The Morgan fingerprint density at radius 2 is 2.19 bits per heavy atom. The van der Waals surface area contributed by atoms with Gasteiger partial charge in [0.2, 0.25) is 5.89 Å². The lowest BCUT2D eigenvalue weighted by Crippen LogP contribution is -2.24. The second-order valence-corrected chi connectivity index (χ2v) is 4.72. The highest BCUT2D eigenvalue weighted by atomic mass is 35.5. The van der Waals surface area contributed by atoms with Crippen molar-refractivity contribution in [2.45, 2.75) is 26.8 Å². The third-order valence-corrected chi connectivity index (χ3v) is 3.07. The van der Waals surface area contributed by atoms with Gasteiger partial charge in [-0.1, -0.05) is 18.5 Å². The third-order valence-electron chi connectivity index (χ3n) is 2.77. The van der Waals surface area contributed by atoms with Crippen LogP contribution in [0.15, 0.2) is 22.7 Å². The molecule has 0 aliphatic carbocycles. The fourth-order valence-electron chi connectivity index (χ4n) is 1.71. The van der Waals surface area contributed by atoms with Gasteiger partial charge in [0, 0.05) is 13.0 Å². The normalized spacial score (nSPS) is 10.4. The second-order valence-electron chi connectivity index (χ2n) is 4.31. The van der Waals surface area contributed by atoms with Crippen molar-refractivity contribution in [1.82, 2.24) is 15.3 Å². The summed E-state index contributed by atoms with van der Waals surface area (Å²) in [7, 11) is 0. The van der Waals surface area contributed by atoms with Crippen LogP contribution in [-0.2, 0) is 13.0 Å². The maximum atomic E-state index is 12.1. The van der Waals surface area contributed by atoms with E-state index in [1.807, 2.05) is 13.8 Å². The van der Waals surface area contributed by atoms with Crippen molar-refractivity contribution in [3.8, 4) is 0 Å². The van der Waals surface area contributed by atoms with Gasteiger partial charge in [0.15, 0.2) is 0 Å². The smallest absolute Gasteiger partial charge is 0.271 e. The molecule has 2 heterocycles. The SMILES string of the molecule is CCNc1ccc(Cl)c(C(=O)NCc2ncc(CC)o2)n1. The highest BCUT2D eigenvalue weighted by Gasteiger charge is 2.14. The zero-order valence-corrected chi connectivity index (χ0v) is 12.7. The molecule has 0 saturated heterocycles. The number of carbonyl (C=O) groups is 1. The van der Waals surface area contributed by atoms with E-state index in [1.54, 1.807) is 18.3 Å². The first-order chi connectivity index (χ1) is 10.1. The monoisotopic (exact) mass is 308 g/mol. The van der Waals surface area contributed by atoms with Gasteiger partial charge in [-0.05, 0) is 19.1 Å². The number of rotatable bonds is 6. The Morgan fingerprint density at radius 3 is 2.86 bits per heavy atom. The number of hydrogen-bond donors (Lipinski definition) is 2. The van der Waals surface area contributed by atoms with Gasteiger partial charge in [0.1, 0.15) is 17.3 Å². The number of oxazole rings is 1. The number of nitrogens with zero attached hydrogens (tertiary/aromatic N) is 2. The first kappa shape index (κ1) is 15.3. The molecule has 2 rings (SSSR count). The largest absolute Gasteiger partial charge is 0.444 e. The Labute approximate surface area is 127 Å². The molecule has 1 amide bonds. The van der Waals surface area contributed by atoms with Crippen LogP contribution in [0.2, 0.25) is 5.02 Å². The molecule has 2 aromatic heterocycles. The molecular weight excluding hydrogens is 292 g/mol. The molecule has 21 heavy (non-hydrogen) atoms. The second kappa shape index (κ2) is 7.08. The van der Waals surface area contributed by atoms with E-state index in [0.717, 1.165) is 12.2 Å². The van der Waals surface area contributed by atoms with E-state index >= 15 is 0 Å². The zero-order valence-electron chi connectivity index (χ0n) is 11.9. The van der Waals surface area contributed by atoms with E-state index in [-0.39, 0.29) is 18.1 Å². The number of anilines is 1. The van der Waals surface area contributed by atoms with E-state index in [9.17, 15) is 4.79 Å². The van der Waals surface area contributed by atoms with Crippen molar-refractivity contribution in [3.63, 3.8) is 0 Å². The van der Waals surface area contributed by atoms with Gasteiger partial charge in [0.05, 0.1) is 17.8 Å². The first-order valence-corrected chi connectivity index (χ1v) is 7.14. The lowest BCUT2D eigenvalue weighted by atomic mass is 10.3. The zero-order chi connectivity index (χ0) is 15.2. The lowest BCUT2D eigenvalue weighted by molar-refractivity contribution is 0.0942. The van der Waals surface area contributed by atoms with E-state index in [1.165, 1.54) is 0 Å². The number of halogens is 1. The molecule has 2 N–H and O–H groups in total. The average molecular weight is 309 g/mol. The minimum atomic E-state index is -0.365. The minimum absolute atomic E-state index is 0.178. The Bertz CT molecular complexity index is 627. The summed E-state index contributed by atoms with van der Waals surface area (Å²) in [6.07, 6.45) is 2.41. The molecule has 0 radical (unpaired) electrons. The number of pyridine rings is 1. The highest BCUT2D eigenvalue weighted by molar-refractivity contribution is 6.33. The van der Waals surface area contributed by atoms with E-state index in [0.29, 0.717) is 23.3 Å². The quantitative estimate of drug-likeness (QED) is 0.857. The summed E-state index contributed by atoms with van der Waals surface area (Å²) in [5, 5.41) is 6.03. The molecule has 0 saturated carbocycles. The molecule has 0 aromatic carbocycles. The van der Waals surface area contributed by atoms with Crippen molar-refractivity contribution in [3.05, 3.63) is 40.7 Å². The van der Waals surface area contributed by atoms with E-state index in [2.05, 4.69) is 20.6 Å². The number of hydrogen-bond acceptors (Lipinski definition) is 5. The predicted molar refractivity (Wildman–Crippen MR) is 80.5 cm³/mol. The van der Waals surface area contributed by atoms with Crippen LogP contribution in [-0.4, -0.2) is 22.4 Å². The highest BCUT2D eigenvalue weighted by Crippen LogP contribution is 2.16. The van der Waals surface area contributed by atoms with Crippen molar-refractivity contribution >= 4 is 23.3 Å². The Balaban J connectivity index is 2.03. The minimum Gasteiger partial charge on any atom is -0.444 e. The summed E-state index contributed by atoms with van der Waals surface area (Å²) in [5.41, 5.74) is 0.178. The third kappa shape index (κ3) is 3.95. The maximum absolute atomic E-state index is 12.1. The molecule has 0 aliphatic heterocycles. The molecule has 112 valence electrons. The van der Waals surface area contributed by atoms with Crippen LogP contribution >= 0.6 is 11.6 Å². The molecule has 0 fully saturated rings. The van der Waals surface area contributed by atoms with Crippen molar-refractivity contribution in [1.29, 1.82) is 0 Å². The van der Waals surface area contributed by atoms with Gasteiger partial charge < -0.3 is 15.1 Å². The molecule has 0 aliphatic rings. The number of carbonyl (C=O) groups excluding carboxylic acids is 1. The van der Waals surface area contributed by atoms with Crippen LogP contribution < -0.4 is 10.6 Å². The fourth-order valence-corrected chi connectivity index (χ4v) is 1.90. The van der Waals surface area contributed by atoms with E-state index in [4.69, 9.17) is 16.0 Å². The van der Waals surface area contributed by atoms with Crippen LogP contribution in [0.5, 0.6) is 0 Å². The first-order valence-electron chi connectivity index (χ1n) is 6.76. The summed E-state index contributed by atoms with van der Waals surface area (Å²) >= 11 is 6.01. The summed E-state index contributed by atoms with van der Waals surface area (Å²) in [6, 6.07) is 3.37. The number of amides is 1. The topological polar surface area (TPSA) is 80.0 Å². The Hall–Kier alpha value is -2.08. The number of nitrogens with one attached hydrogen (secondary N) is 2. The van der Waals surface area contributed by atoms with Crippen molar-refractivity contribution < 1.29 is 9.21 Å². The molecule has 0 unspecified atom stereocenters. The maximum Gasteiger partial charge on any atom is 0.271 e. The molecule has 0 bridgehead atoms. The summed E-state index contributed by atoms with van der Waals surface area (Å²) in [6.45, 7) is 4.83. The van der Waals surface area contributed by atoms with Crippen LogP contribution in [0.3, 0.4) is 0 Å². The Morgan fingerprint density at radius 1 is 1.38 bits per heavy atom. The van der Waals surface area contributed by atoms with Gasteiger partial charge in [-0.3, -0.25) is 4.79 Å². The summed E-state index contributed by atoms with van der Waals surface area (Å²) in [4.78, 5) is 20.4. The fraction of sp³-hybridized carbons (Fsp3) is 0.357. The summed E-state index contributed by atoms with van der Waals surface area (Å²) < 4.78 is 5.42. The van der Waals surface area contributed by atoms with Crippen LogP contribution in [0.1, 0.15) is 36.0 Å². The van der Waals surface area contributed by atoms with Gasteiger partial charge in [-0.15, -0.1) is 0 Å². The molecule has 0 atom stereocenters. The van der Waals surface area contributed by atoms with Crippen molar-refractivity contribution in [2.75, 3.05) is 11.9 Å².